The number of hydrogen-bond acceptors (Lipinski definition) is 3. The number of fused-ring (bicyclic) bond motifs is 1. The molecule has 2 aromatic carbocycles. The molecule has 0 aliphatic heterocycles. The lowest BCUT2D eigenvalue weighted by Gasteiger charge is -2.22. The van der Waals surface area contributed by atoms with E-state index in [1.165, 1.54) is 19.3 Å². The number of carbonyl (C=O) groups is 2. The summed E-state index contributed by atoms with van der Waals surface area (Å²) in [6.07, 6.45) is 7.69. The molecule has 1 fully saturated rings. The van der Waals surface area contributed by atoms with Gasteiger partial charge in [0.25, 0.3) is 0 Å². The van der Waals surface area contributed by atoms with Crippen molar-refractivity contribution in [1.82, 2.24) is 10.7 Å². The Labute approximate surface area is 153 Å². The zero-order chi connectivity index (χ0) is 18.2. The maximum Gasteiger partial charge on any atom is 0.240 e. The van der Waals surface area contributed by atoms with Gasteiger partial charge < -0.3 is 5.32 Å². The van der Waals surface area contributed by atoms with Crippen molar-refractivity contribution < 1.29 is 9.59 Å². The molecule has 2 aromatic rings. The van der Waals surface area contributed by atoms with Crippen molar-refractivity contribution in [2.24, 2.45) is 5.10 Å². The van der Waals surface area contributed by atoms with Crippen LogP contribution in [0.3, 0.4) is 0 Å². The lowest BCUT2D eigenvalue weighted by molar-refractivity contribution is -0.126. The minimum absolute atomic E-state index is 0.0508. The molecule has 2 N–H and O–H groups in total. The Morgan fingerprint density at radius 3 is 2.54 bits per heavy atom. The second-order valence-electron chi connectivity index (χ2n) is 6.76. The van der Waals surface area contributed by atoms with Crippen LogP contribution in [-0.4, -0.2) is 24.1 Å². The monoisotopic (exact) mass is 351 g/mol. The van der Waals surface area contributed by atoms with Crippen molar-refractivity contribution in [2.75, 3.05) is 0 Å². The van der Waals surface area contributed by atoms with Gasteiger partial charge in [0.1, 0.15) is 0 Å². The number of carbonyl (C=O) groups excluding carboxylic acids is 2. The molecule has 0 radical (unpaired) electrons. The van der Waals surface area contributed by atoms with E-state index in [4.69, 9.17) is 0 Å². The van der Waals surface area contributed by atoms with Crippen LogP contribution in [0.4, 0.5) is 0 Å². The van der Waals surface area contributed by atoms with E-state index in [9.17, 15) is 9.59 Å². The molecular weight excluding hydrogens is 326 g/mol. The molecule has 1 saturated carbocycles. The van der Waals surface area contributed by atoms with Gasteiger partial charge in [-0.2, -0.15) is 5.10 Å². The Kier molecular flexibility index (Phi) is 6.36. The fourth-order valence-electron chi connectivity index (χ4n) is 3.37. The van der Waals surface area contributed by atoms with Crippen molar-refractivity contribution in [1.29, 1.82) is 0 Å². The summed E-state index contributed by atoms with van der Waals surface area (Å²) in [6, 6.07) is 14.3. The summed E-state index contributed by atoms with van der Waals surface area (Å²) in [5, 5.41) is 9.26. The maximum atomic E-state index is 11.9. The standard InChI is InChI=1S/C21H25N3O2/c25-20(23-18-10-2-1-3-11-18)13-14-21(26)24-22-15-17-9-6-8-16-7-4-5-12-19(16)17/h4-9,12,15,18H,1-3,10-11,13-14H2,(H,23,25)(H,24,26)/b22-15+. The minimum atomic E-state index is -0.250. The van der Waals surface area contributed by atoms with E-state index in [1.54, 1.807) is 6.21 Å². The summed E-state index contributed by atoms with van der Waals surface area (Å²) < 4.78 is 0. The van der Waals surface area contributed by atoms with E-state index in [-0.39, 0.29) is 30.7 Å². The van der Waals surface area contributed by atoms with Crippen molar-refractivity contribution in [3.05, 3.63) is 48.0 Å². The third-order valence-electron chi connectivity index (χ3n) is 4.77. The molecule has 26 heavy (non-hydrogen) atoms. The molecule has 0 spiro atoms. The third kappa shape index (κ3) is 5.15. The molecule has 3 rings (SSSR count). The van der Waals surface area contributed by atoms with Crippen molar-refractivity contribution >= 4 is 28.8 Å². The van der Waals surface area contributed by atoms with E-state index in [0.29, 0.717) is 0 Å². The summed E-state index contributed by atoms with van der Waals surface area (Å²) in [7, 11) is 0. The van der Waals surface area contributed by atoms with Gasteiger partial charge in [-0.3, -0.25) is 9.59 Å². The molecule has 1 aliphatic rings. The van der Waals surface area contributed by atoms with Gasteiger partial charge in [-0.05, 0) is 23.6 Å². The number of rotatable bonds is 6. The molecule has 0 unspecified atom stereocenters. The maximum absolute atomic E-state index is 11.9. The van der Waals surface area contributed by atoms with E-state index < -0.39 is 0 Å². The fraction of sp³-hybridized carbons (Fsp3) is 0.381. The van der Waals surface area contributed by atoms with Crippen LogP contribution < -0.4 is 10.7 Å². The van der Waals surface area contributed by atoms with Crippen LogP contribution in [-0.2, 0) is 9.59 Å². The summed E-state index contributed by atoms with van der Waals surface area (Å²) in [4.78, 5) is 23.8. The first kappa shape index (κ1) is 18.1. The number of nitrogens with zero attached hydrogens (tertiary/aromatic N) is 1. The molecule has 0 atom stereocenters. The SMILES string of the molecule is O=C(CCC(=O)NC1CCCCC1)N/N=C/c1cccc2ccccc12. The van der Waals surface area contributed by atoms with E-state index >= 15 is 0 Å². The van der Waals surface area contributed by atoms with Crippen molar-refractivity contribution in [3.63, 3.8) is 0 Å². The normalized spacial score (nSPS) is 15.2. The van der Waals surface area contributed by atoms with Crippen LogP contribution >= 0.6 is 0 Å². The minimum Gasteiger partial charge on any atom is -0.353 e. The topological polar surface area (TPSA) is 70.6 Å². The molecule has 5 heteroatoms. The quantitative estimate of drug-likeness (QED) is 0.617. The van der Waals surface area contributed by atoms with Gasteiger partial charge >= 0.3 is 0 Å². The Balaban J connectivity index is 1.44. The highest BCUT2D eigenvalue weighted by atomic mass is 16.2. The van der Waals surface area contributed by atoms with Crippen LogP contribution in [0.1, 0.15) is 50.5 Å². The van der Waals surface area contributed by atoms with Crippen molar-refractivity contribution in [2.45, 2.75) is 51.0 Å². The lowest BCUT2D eigenvalue weighted by atomic mass is 9.95. The van der Waals surface area contributed by atoms with Crippen LogP contribution in [0.25, 0.3) is 10.8 Å². The number of nitrogens with one attached hydrogen (secondary N) is 2. The zero-order valence-electron chi connectivity index (χ0n) is 14.9. The van der Waals surface area contributed by atoms with Crippen LogP contribution in [0.15, 0.2) is 47.6 Å². The number of benzene rings is 2. The third-order valence-corrected chi connectivity index (χ3v) is 4.77. The summed E-state index contributed by atoms with van der Waals surface area (Å²) in [5.41, 5.74) is 3.45. The fourth-order valence-corrected chi connectivity index (χ4v) is 3.37. The second-order valence-corrected chi connectivity index (χ2v) is 6.76. The van der Waals surface area contributed by atoms with Gasteiger partial charge in [0.2, 0.25) is 11.8 Å². The van der Waals surface area contributed by atoms with E-state index in [2.05, 4.69) is 15.8 Å². The summed E-state index contributed by atoms with van der Waals surface area (Å²) in [5.74, 6) is -0.301. The van der Waals surface area contributed by atoms with Gasteiger partial charge in [-0.25, -0.2) is 5.43 Å². The van der Waals surface area contributed by atoms with Crippen LogP contribution in [0, 0.1) is 0 Å². The molecule has 136 valence electrons. The average Bonchev–Trinajstić information content (AvgIpc) is 2.67. The first-order chi connectivity index (χ1) is 12.7. The van der Waals surface area contributed by atoms with Gasteiger partial charge in [0.05, 0.1) is 6.21 Å². The highest BCUT2D eigenvalue weighted by Crippen LogP contribution is 2.18. The zero-order valence-corrected chi connectivity index (χ0v) is 14.9. The van der Waals surface area contributed by atoms with Gasteiger partial charge in [-0.1, -0.05) is 61.7 Å². The van der Waals surface area contributed by atoms with Crippen molar-refractivity contribution in [3.8, 4) is 0 Å². The van der Waals surface area contributed by atoms with E-state index in [0.717, 1.165) is 29.2 Å². The Morgan fingerprint density at radius 2 is 1.69 bits per heavy atom. The Hall–Kier alpha value is -2.69. The first-order valence-electron chi connectivity index (χ1n) is 9.31. The lowest BCUT2D eigenvalue weighted by Crippen LogP contribution is -2.36. The predicted molar refractivity (Wildman–Crippen MR) is 104 cm³/mol. The smallest absolute Gasteiger partial charge is 0.240 e. The molecule has 0 bridgehead atoms. The molecule has 0 heterocycles. The molecule has 0 aromatic heterocycles. The molecule has 5 nitrogen and oxygen atoms in total. The average molecular weight is 351 g/mol. The first-order valence-corrected chi connectivity index (χ1v) is 9.31. The number of amides is 2. The molecule has 2 amide bonds. The van der Waals surface area contributed by atoms with Crippen LogP contribution in [0.5, 0.6) is 0 Å². The highest BCUT2D eigenvalue weighted by Gasteiger charge is 2.16. The molecular formula is C21H25N3O2. The molecule has 1 aliphatic carbocycles. The summed E-state index contributed by atoms with van der Waals surface area (Å²) >= 11 is 0. The Morgan fingerprint density at radius 1 is 0.962 bits per heavy atom. The largest absolute Gasteiger partial charge is 0.353 e. The number of hydrazone groups is 1. The second kappa shape index (κ2) is 9.13. The van der Waals surface area contributed by atoms with Crippen LogP contribution in [0.2, 0.25) is 0 Å². The van der Waals surface area contributed by atoms with Gasteiger partial charge in [0.15, 0.2) is 0 Å². The molecule has 0 saturated heterocycles. The summed E-state index contributed by atoms with van der Waals surface area (Å²) in [6.45, 7) is 0. The predicted octanol–water partition coefficient (Wildman–Crippen LogP) is 3.52. The van der Waals surface area contributed by atoms with E-state index in [1.807, 2.05) is 42.5 Å². The van der Waals surface area contributed by atoms with Gasteiger partial charge in [0, 0.05) is 24.4 Å². The highest BCUT2D eigenvalue weighted by molar-refractivity contribution is 6.00. The van der Waals surface area contributed by atoms with Gasteiger partial charge in [-0.15, -0.1) is 0 Å². The number of hydrogen-bond donors (Lipinski definition) is 2. The Bertz CT molecular complexity index is 789.